The summed E-state index contributed by atoms with van der Waals surface area (Å²) in [6.07, 6.45) is 3.28. The van der Waals surface area contributed by atoms with E-state index in [4.69, 9.17) is 11.6 Å². The van der Waals surface area contributed by atoms with Gasteiger partial charge in [0.05, 0.1) is 0 Å². The molecule has 0 saturated heterocycles. The molecule has 1 aromatic carbocycles. The number of rotatable bonds is 3. The minimum absolute atomic E-state index is 0.0834. The first kappa shape index (κ1) is 11.8. The molecule has 0 bridgehead atoms. The zero-order valence-electron chi connectivity index (χ0n) is 8.83. The number of halogens is 1. The summed E-state index contributed by atoms with van der Waals surface area (Å²) in [4.78, 5) is 11.3. The molecule has 80 valence electrons. The van der Waals surface area contributed by atoms with Crippen molar-refractivity contribution in [2.24, 2.45) is 0 Å². The number of carbonyl (C=O) groups is 1. The maximum atomic E-state index is 11.3. The van der Waals surface area contributed by atoms with E-state index in [2.05, 4.69) is 5.32 Å². The lowest BCUT2D eigenvalue weighted by molar-refractivity contribution is -0.116. The Labute approximate surface area is 94.9 Å². The molecule has 1 aromatic rings. The lowest BCUT2D eigenvalue weighted by Gasteiger charge is -2.03. The first-order chi connectivity index (χ1) is 7.08. The van der Waals surface area contributed by atoms with Gasteiger partial charge in [-0.05, 0) is 37.6 Å². The Morgan fingerprint density at radius 2 is 1.93 bits per heavy atom. The zero-order valence-corrected chi connectivity index (χ0v) is 9.58. The van der Waals surface area contributed by atoms with E-state index in [1.165, 1.54) is 6.08 Å². The second-order valence-electron chi connectivity index (χ2n) is 3.55. The minimum Gasteiger partial charge on any atom is -0.350 e. The van der Waals surface area contributed by atoms with Crippen LogP contribution in [0.3, 0.4) is 0 Å². The predicted molar refractivity (Wildman–Crippen MR) is 63.8 cm³/mol. The number of carbonyl (C=O) groups excluding carboxylic acids is 1. The zero-order chi connectivity index (χ0) is 11.3. The monoisotopic (exact) mass is 223 g/mol. The highest BCUT2D eigenvalue weighted by Crippen LogP contribution is 2.10. The van der Waals surface area contributed by atoms with Crippen LogP contribution >= 0.6 is 11.6 Å². The summed E-state index contributed by atoms with van der Waals surface area (Å²) in [5.74, 6) is -0.0834. The smallest absolute Gasteiger partial charge is 0.244 e. The Bertz CT molecular complexity index is 354. The average Bonchev–Trinajstić information content (AvgIpc) is 2.16. The van der Waals surface area contributed by atoms with Crippen LogP contribution in [0.4, 0.5) is 0 Å². The van der Waals surface area contributed by atoms with Gasteiger partial charge in [0.2, 0.25) is 5.91 Å². The molecular formula is C12H14ClNO. The Hall–Kier alpha value is -1.28. The molecule has 2 nitrogen and oxygen atoms in total. The molecule has 3 heteroatoms. The predicted octanol–water partition coefficient (Wildman–Crippen LogP) is 2.88. The third kappa shape index (κ3) is 4.66. The van der Waals surface area contributed by atoms with Crippen molar-refractivity contribution in [3.05, 3.63) is 40.9 Å². The number of hydrogen-bond acceptors (Lipinski definition) is 1. The Morgan fingerprint density at radius 1 is 1.33 bits per heavy atom. The molecule has 0 spiro atoms. The SMILES string of the molecule is CC(C)NC(=O)/C=C/c1ccc(Cl)cc1. The van der Waals surface area contributed by atoms with Crippen LogP contribution in [0.5, 0.6) is 0 Å². The van der Waals surface area contributed by atoms with Gasteiger partial charge in [0.15, 0.2) is 0 Å². The molecule has 1 amide bonds. The molecule has 0 heterocycles. The first-order valence-electron chi connectivity index (χ1n) is 4.82. The van der Waals surface area contributed by atoms with E-state index >= 15 is 0 Å². The van der Waals surface area contributed by atoms with Gasteiger partial charge in [-0.3, -0.25) is 4.79 Å². The fourth-order valence-corrected chi connectivity index (χ4v) is 1.20. The third-order valence-electron chi connectivity index (χ3n) is 1.73. The highest BCUT2D eigenvalue weighted by Gasteiger charge is 1.97. The molecule has 0 fully saturated rings. The second kappa shape index (κ2) is 5.56. The van der Waals surface area contributed by atoms with Gasteiger partial charge in [-0.25, -0.2) is 0 Å². The van der Waals surface area contributed by atoms with E-state index in [9.17, 15) is 4.79 Å². The Morgan fingerprint density at radius 3 is 2.47 bits per heavy atom. The van der Waals surface area contributed by atoms with E-state index in [1.54, 1.807) is 18.2 Å². The molecular weight excluding hydrogens is 210 g/mol. The van der Waals surface area contributed by atoms with Crippen LogP contribution in [0.15, 0.2) is 30.3 Å². The van der Waals surface area contributed by atoms with Gasteiger partial charge in [-0.1, -0.05) is 23.7 Å². The van der Waals surface area contributed by atoms with Crippen LogP contribution < -0.4 is 5.32 Å². The van der Waals surface area contributed by atoms with Crippen molar-refractivity contribution >= 4 is 23.6 Å². The summed E-state index contributed by atoms with van der Waals surface area (Å²) in [5, 5.41) is 3.47. The van der Waals surface area contributed by atoms with E-state index in [1.807, 2.05) is 26.0 Å². The molecule has 0 aromatic heterocycles. The van der Waals surface area contributed by atoms with Crippen molar-refractivity contribution in [1.82, 2.24) is 5.32 Å². The highest BCUT2D eigenvalue weighted by atomic mass is 35.5. The summed E-state index contributed by atoms with van der Waals surface area (Å²) in [7, 11) is 0. The van der Waals surface area contributed by atoms with Crippen LogP contribution in [0.2, 0.25) is 5.02 Å². The summed E-state index contributed by atoms with van der Waals surface area (Å²) in [6.45, 7) is 3.85. The van der Waals surface area contributed by atoms with E-state index in [-0.39, 0.29) is 11.9 Å². The van der Waals surface area contributed by atoms with Gasteiger partial charge in [-0.15, -0.1) is 0 Å². The summed E-state index contributed by atoms with van der Waals surface area (Å²) in [5.41, 5.74) is 0.957. The minimum atomic E-state index is -0.0834. The van der Waals surface area contributed by atoms with Crippen LogP contribution in [-0.4, -0.2) is 11.9 Å². The van der Waals surface area contributed by atoms with Crippen LogP contribution in [0.1, 0.15) is 19.4 Å². The normalized spacial score (nSPS) is 10.9. The third-order valence-corrected chi connectivity index (χ3v) is 1.98. The highest BCUT2D eigenvalue weighted by molar-refractivity contribution is 6.30. The summed E-state index contributed by atoms with van der Waals surface area (Å²) in [6, 6.07) is 7.47. The lowest BCUT2D eigenvalue weighted by atomic mass is 10.2. The van der Waals surface area contributed by atoms with Crippen molar-refractivity contribution in [3.63, 3.8) is 0 Å². The number of nitrogens with one attached hydrogen (secondary N) is 1. The van der Waals surface area contributed by atoms with Gasteiger partial charge >= 0.3 is 0 Å². The Kier molecular flexibility index (Phi) is 4.37. The maximum absolute atomic E-state index is 11.3. The molecule has 0 aliphatic carbocycles. The van der Waals surface area contributed by atoms with Gasteiger partial charge in [0.1, 0.15) is 0 Å². The lowest BCUT2D eigenvalue weighted by Crippen LogP contribution is -2.28. The van der Waals surface area contributed by atoms with E-state index < -0.39 is 0 Å². The molecule has 0 radical (unpaired) electrons. The quantitative estimate of drug-likeness (QED) is 0.785. The molecule has 1 N–H and O–H groups in total. The second-order valence-corrected chi connectivity index (χ2v) is 3.98. The van der Waals surface area contributed by atoms with Crippen molar-refractivity contribution < 1.29 is 4.79 Å². The molecule has 0 saturated carbocycles. The molecule has 15 heavy (non-hydrogen) atoms. The van der Waals surface area contributed by atoms with Crippen molar-refractivity contribution in [3.8, 4) is 0 Å². The topological polar surface area (TPSA) is 29.1 Å². The van der Waals surface area contributed by atoms with Crippen LogP contribution in [-0.2, 0) is 4.79 Å². The summed E-state index contributed by atoms with van der Waals surface area (Å²) < 4.78 is 0. The van der Waals surface area contributed by atoms with Gasteiger partial charge in [-0.2, -0.15) is 0 Å². The average molecular weight is 224 g/mol. The van der Waals surface area contributed by atoms with E-state index in [0.29, 0.717) is 5.02 Å². The largest absolute Gasteiger partial charge is 0.350 e. The van der Waals surface area contributed by atoms with Crippen LogP contribution in [0, 0.1) is 0 Å². The molecule has 0 aliphatic rings. The number of amides is 1. The fourth-order valence-electron chi connectivity index (χ4n) is 1.08. The van der Waals surface area contributed by atoms with Crippen molar-refractivity contribution in [1.29, 1.82) is 0 Å². The Balaban J connectivity index is 2.57. The molecule has 1 rings (SSSR count). The number of hydrogen-bond donors (Lipinski definition) is 1. The molecule has 0 aliphatic heterocycles. The standard InChI is InChI=1S/C12H14ClNO/c1-9(2)14-12(15)8-5-10-3-6-11(13)7-4-10/h3-9H,1-2H3,(H,14,15)/b8-5+. The van der Waals surface area contributed by atoms with Crippen molar-refractivity contribution in [2.75, 3.05) is 0 Å². The maximum Gasteiger partial charge on any atom is 0.244 e. The van der Waals surface area contributed by atoms with E-state index in [0.717, 1.165) is 5.56 Å². The van der Waals surface area contributed by atoms with Gasteiger partial charge in [0.25, 0.3) is 0 Å². The number of benzene rings is 1. The molecule has 0 unspecified atom stereocenters. The summed E-state index contributed by atoms with van der Waals surface area (Å²) >= 11 is 5.74. The first-order valence-corrected chi connectivity index (χ1v) is 5.20. The fraction of sp³-hybridized carbons (Fsp3) is 0.250. The van der Waals surface area contributed by atoms with Crippen molar-refractivity contribution in [2.45, 2.75) is 19.9 Å². The molecule has 0 atom stereocenters. The van der Waals surface area contributed by atoms with Gasteiger partial charge < -0.3 is 5.32 Å². The van der Waals surface area contributed by atoms with Gasteiger partial charge in [0, 0.05) is 17.1 Å². The van der Waals surface area contributed by atoms with Crippen LogP contribution in [0.25, 0.3) is 6.08 Å².